The van der Waals surface area contributed by atoms with Gasteiger partial charge in [-0.05, 0) is 38.5 Å². The van der Waals surface area contributed by atoms with E-state index in [0.717, 1.165) is 12.3 Å². The molecule has 0 aromatic carbocycles. The zero-order valence-corrected chi connectivity index (χ0v) is 10.4. The van der Waals surface area contributed by atoms with E-state index >= 15 is 0 Å². The molecule has 0 aromatic rings. The SMILES string of the molecule is CC1CCC2(CC(=O)NC2(C)C)C(C)C1. The van der Waals surface area contributed by atoms with E-state index in [-0.39, 0.29) is 16.9 Å². The van der Waals surface area contributed by atoms with Gasteiger partial charge in [-0.15, -0.1) is 0 Å². The van der Waals surface area contributed by atoms with Gasteiger partial charge in [0.25, 0.3) is 0 Å². The summed E-state index contributed by atoms with van der Waals surface area (Å²) in [6.07, 6.45) is 4.51. The number of rotatable bonds is 0. The number of carbonyl (C=O) groups is 1. The molecule has 3 unspecified atom stereocenters. The molecule has 1 spiro atoms. The first-order valence-electron chi connectivity index (χ1n) is 6.18. The third-order valence-electron chi connectivity index (χ3n) is 4.96. The van der Waals surface area contributed by atoms with Gasteiger partial charge in [0.1, 0.15) is 0 Å². The highest BCUT2D eigenvalue weighted by Gasteiger charge is 2.56. The van der Waals surface area contributed by atoms with Crippen LogP contribution in [0, 0.1) is 17.3 Å². The van der Waals surface area contributed by atoms with Crippen LogP contribution in [0.1, 0.15) is 53.4 Å². The lowest BCUT2D eigenvalue weighted by Crippen LogP contribution is -2.52. The summed E-state index contributed by atoms with van der Waals surface area (Å²) in [6, 6.07) is 0. The summed E-state index contributed by atoms with van der Waals surface area (Å²) in [4.78, 5) is 11.6. The van der Waals surface area contributed by atoms with Crippen LogP contribution in [-0.2, 0) is 4.79 Å². The third-order valence-corrected chi connectivity index (χ3v) is 4.96. The summed E-state index contributed by atoms with van der Waals surface area (Å²) in [6.45, 7) is 9.06. The van der Waals surface area contributed by atoms with Gasteiger partial charge >= 0.3 is 0 Å². The highest BCUT2D eigenvalue weighted by Crippen LogP contribution is 2.54. The molecule has 2 rings (SSSR count). The van der Waals surface area contributed by atoms with Crippen LogP contribution in [0.5, 0.6) is 0 Å². The van der Waals surface area contributed by atoms with Gasteiger partial charge in [-0.1, -0.05) is 20.3 Å². The zero-order chi connectivity index (χ0) is 11.3. The molecule has 15 heavy (non-hydrogen) atoms. The van der Waals surface area contributed by atoms with Crippen LogP contribution in [-0.4, -0.2) is 11.4 Å². The molecule has 2 heteroatoms. The van der Waals surface area contributed by atoms with Gasteiger partial charge in [0.05, 0.1) is 0 Å². The fourth-order valence-electron chi connectivity index (χ4n) is 3.91. The molecule has 0 aromatic heterocycles. The highest BCUT2D eigenvalue weighted by atomic mass is 16.2. The molecule has 2 aliphatic rings. The topological polar surface area (TPSA) is 29.1 Å². The number of hydrogen-bond donors (Lipinski definition) is 1. The number of nitrogens with one attached hydrogen (secondary N) is 1. The molecule has 2 nitrogen and oxygen atoms in total. The Morgan fingerprint density at radius 1 is 1.33 bits per heavy atom. The summed E-state index contributed by atoms with van der Waals surface area (Å²) >= 11 is 0. The first-order chi connectivity index (χ1) is 6.87. The maximum absolute atomic E-state index is 11.6. The first-order valence-corrected chi connectivity index (χ1v) is 6.18. The summed E-state index contributed by atoms with van der Waals surface area (Å²) in [5.74, 6) is 1.74. The summed E-state index contributed by atoms with van der Waals surface area (Å²) in [5.41, 5.74) is 0.209. The minimum atomic E-state index is -0.0103. The van der Waals surface area contributed by atoms with Crippen LogP contribution >= 0.6 is 0 Å². The van der Waals surface area contributed by atoms with Gasteiger partial charge in [-0.2, -0.15) is 0 Å². The molecule has 3 atom stereocenters. The Balaban J connectivity index is 2.29. The molecule has 86 valence electrons. The van der Waals surface area contributed by atoms with Crippen molar-refractivity contribution in [3.63, 3.8) is 0 Å². The van der Waals surface area contributed by atoms with Crippen molar-refractivity contribution in [3.05, 3.63) is 0 Å². The van der Waals surface area contributed by atoms with Gasteiger partial charge in [0.15, 0.2) is 0 Å². The van der Waals surface area contributed by atoms with Crippen molar-refractivity contribution in [2.24, 2.45) is 17.3 Å². The van der Waals surface area contributed by atoms with Gasteiger partial charge in [-0.25, -0.2) is 0 Å². The van der Waals surface area contributed by atoms with Gasteiger partial charge < -0.3 is 5.32 Å². The summed E-state index contributed by atoms with van der Waals surface area (Å²) < 4.78 is 0. The molecule has 2 fully saturated rings. The number of amides is 1. The molecule has 1 heterocycles. The van der Waals surface area contributed by atoms with Crippen molar-refractivity contribution in [3.8, 4) is 0 Å². The Labute approximate surface area is 92.8 Å². The standard InChI is InChI=1S/C13H23NO/c1-9-5-6-13(10(2)7-9)8-11(15)14-12(13,3)4/h9-10H,5-8H2,1-4H3,(H,14,15). The Kier molecular flexibility index (Phi) is 2.36. The molecule has 1 saturated carbocycles. The fraction of sp³-hybridized carbons (Fsp3) is 0.923. The van der Waals surface area contributed by atoms with E-state index in [1.807, 2.05) is 0 Å². The average molecular weight is 209 g/mol. The lowest BCUT2D eigenvalue weighted by atomic mass is 9.56. The Hall–Kier alpha value is -0.530. The van der Waals surface area contributed by atoms with E-state index in [1.165, 1.54) is 19.3 Å². The van der Waals surface area contributed by atoms with Gasteiger partial charge in [0.2, 0.25) is 5.91 Å². The lowest BCUT2D eigenvalue weighted by molar-refractivity contribution is -0.120. The number of hydrogen-bond acceptors (Lipinski definition) is 1. The second-order valence-electron chi connectivity index (χ2n) is 6.29. The first kappa shape index (κ1) is 11.0. The fourth-order valence-corrected chi connectivity index (χ4v) is 3.91. The van der Waals surface area contributed by atoms with E-state index in [9.17, 15) is 4.79 Å². The molecule has 0 radical (unpaired) electrons. The molecule has 1 aliphatic heterocycles. The molecule has 1 amide bonds. The Morgan fingerprint density at radius 3 is 2.47 bits per heavy atom. The molecule has 1 N–H and O–H groups in total. The Bertz CT molecular complexity index is 284. The summed E-state index contributed by atoms with van der Waals surface area (Å²) in [7, 11) is 0. The highest BCUT2D eigenvalue weighted by molar-refractivity contribution is 5.81. The summed E-state index contributed by atoms with van der Waals surface area (Å²) in [5, 5.41) is 3.16. The molecular formula is C13H23NO. The number of carbonyl (C=O) groups excluding carboxylic acids is 1. The van der Waals surface area contributed by atoms with Gasteiger partial charge in [-0.3, -0.25) is 4.79 Å². The predicted octanol–water partition coefficient (Wildman–Crippen LogP) is 2.73. The smallest absolute Gasteiger partial charge is 0.221 e. The predicted molar refractivity (Wildman–Crippen MR) is 61.5 cm³/mol. The van der Waals surface area contributed by atoms with Crippen LogP contribution in [0.2, 0.25) is 0 Å². The van der Waals surface area contributed by atoms with E-state index in [4.69, 9.17) is 0 Å². The van der Waals surface area contributed by atoms with E-state index in [1.54, 1.807) is 0 Å². The van der Waals surface area contributed by atoms with Crippen LogP contribution in [0.3, 0.4) is 0 Å². The minimum Gasteiger partial charge on any atom is -0.351 e. The average Bonchev–Trinajstić information content (AvgIpc) is 2.30. The third kappa shape index (κ3) is 1.49. The Morgan fingerprint density at radius 2 is 2.00 bits per heavy atom. The van der Waals surface area contributed by atoms with Crippen molar-refractivity contribution in [1.82, 2.24) is 5.32 Å². The van der Waals surface area contributed by atoms with Crippen LogP contribution < -0.4 is 5.32 Å². The maximum Gasteiger partial charge on any atom is 0.221 e. The second-order valence-corrected chi connectivity index (χ2v) is 6.29. The van der Waals surface area contributed by atoms with Crippen molar-refractivity contribution in [2.45, 2.75) is 58.9 Å². The monoisotopic (exact) mass is 209 g/mol. The van der Waals surface area contributed by atoms with Crippen molar-refractivity contribution in [2.75, 3.05) is 0 Å². The normalized spacial score (nSPS) is 44.4. The van der Waals surface area contributed by atoms with Gasteiger partial charge in [0, 0.05) is 17.4 Å². The maximum atomic E-state index is 11.6. The molecule has 1 aliphatic carbocycles. The van der Waals surface area contributed by atoms with Crippen LogP contribution in [0.15, 0.2) is 0 Å². The van der Waals surface area contributed by atoms with E-state index in [2.05, 4.69) is 33.0 Å². The van der Waals surface area contributed by atoms with Crippen molar-refractivity contribution in [1.29, 1.82) is 0 Å². The van der Waals surface area contributed by atoms with E-state index in [0.29, 0.717) is 5.92 Å². The van der Waals surface area contributed by atoms with E-state index < -0.39 is 0 Å². The molecule has 0 bridgehead atoms. The molecule has 1 saturated heterocycles. The lowest BCUT2D eigenvalue weighted by Gasteiger charge is -2.49. The molecular weight excluding hydrogens is 186 g/mol. The zero-order valence-electron chi connectivity index (χ0n) is 10.4. The minimum absolute atomic E-state index is 0.0103. The van der Waals surface area contributed by atoms with Crippen LogP contribution in [0.25, 0.3) is 0 Å². The quantitative estimate of drug-likeness (QED) is 0.653. The van der Waals surface area contributed by atoms with Crippen molar-refractivity contribution < 1.29 is 4.79 Å². The van der Waals surface area contributed by atoms with Crippen LogP contribution in [0.4, 0.5) is 0 Å². The largest absolute Gasteiger partial charge is 0.351 e. The van der Waals surface area contributed by atoms with Crippen molar-refractivity contribution >= 4 is 5.91 Å². The second kappa shape index (κ2) is 3.23.